The van der Waals surface area contributed by atoms with Crippen LogP contribution in [0.2, 0.25) is 6.55 Å². The van der Waals surface area contributed by atoms with Crippen molar-refractivity contribution in [1.82, 2.24) is 0 Å². The van der Waals surface area contributed by atoms with E-state index in [9.17, 15) is 4.80 Å². The van der Waals surface area contributed by atoms with E-state index in [0.717, 1.165) is 5.20 Å². The predicted molar refractivity (Wildman–Crippen MR) is 36.7 cm³/mol. The van der Waals surface area contributed by atoms with Crippen LogP contribution in [0.4, 0.5) is 0 Å². The van der Waals surface area contributed by atoms with Gasteiger partial charge in [-0.05, 0) is 13.5 Å². The molecule has 0 aliphatic carbocycles. The molecule has 2 heteroatoms. The Balaban J connectivity index is 2.87. The van der Waals surface area contributed by atoms with Gasteiger partial charge in [-0.25, -0.2) is 0 Å². The molecule has 1 rings (SSSR count). The van der Waals surface area contributed by atoms with Crippen LogP contribution in [0.3, 0.4) is 0 Å². The van der Waals surface area contributed by atoms with Gasteiger partial charge in [-0.2, -0.15) is 0 Å². The Kier molecular flexibility index (Phi) is 1.13. The quantitative estimate of drug-likeness (QED) is 0.483. The molecule has 1 unspecified atom stereocenters. The summed E-state index contributed by atoms with van der Waals surface area (Å²) in [5, 5.41) is 1.15. The zero-order chi connectivity index (χ0) is 6.20. The number of hydrogen-bond donors (Lipinski definition) is 1. The van der Waals surface area contributed by atoms with Crippen molar-refractivity contribution in [3.8, 4) is 0 Å². The number of rotatable bonds is 0. The van der Waals surface area contributed by atoms with Crippen LogP contribution in [-0.2, 0) is 0 Å². The second-order valence-electron chi connectivity index (χ2n) is 2.36. The molecule has 1 heterocycles. The molecule has 0 aromatic heterocycles. The first-order valence-corrected chi connectivity index (χ1v) is 5.24. The van der Waals surface area contributed by atoms with E-state index in [2.05, 4.69) is 0 Å². The summed E-state index contributed by atoms with van der Waals surface area (Å²) < 4.78 is 0. The second-order valence-corrected chi connectivity index (χ2v) is 5.77. The van der Waals surface area contributed by atoms with Crippen molar-refractivity contribution >= 4 is 8.32 Å². The molecule has 0 fully saturated rings. The van der Waals surface area contributed by atoms with Gasteiger partial charge in [0.05, 0.1) is 0 Å². The van der Waals surface area contributed by atoms with Gasteiger partial charge in [0, 0.05) is 0 Å². The van der Waals surface area contributed by atoms with Crippen molar-refractivity contribution in [3.63, 3.8) is 0 Å². The largest absolute Gasteiger partial charge is 0.425 e. The maximum atomic E-state index is 9.45. The lowest BCUT2D eigenvalue weighted by Crippen LogP contribution is -2.27. The molecule has 1 nitrogen and oxygen atoms in total. The Hall–Kier alpha value is -0.343. The fourth-order valence-corrected chi connectivity index (χ4v) is 1.85. The third-order valence-corrected chi connectivity index (χ3v) is 4.17. The normalized spacial score (nSPS) is 35.6. The zero-order valence-corrected chi connectivity index (χ0v) is 6.18. The van der Waals surface area contributed by atoms with E-state index in [1.54, 1.807) is 0 Å². The van der Waals surface area contributed by atoms with E-state index in [4.69, 9.17) is 0 Å². The molecule has 0 bridgehead atoms. The van der Waals surface area contributed by atoms with Gasteiger partial charge in [-0.3, -0.25) is 0 Å². The molecule has 1 aliphatic heterocycles. The molecule has 0 aromatic carbocycles. The molecular formula is C6H10OSi. The molecule has 1 aliphatic rings. The van der Waals surface area contributed by atoms with Crippen LogP contribution in [0.25, 0.3) is 0 Å². The van der Waals surface area contributed by atoms with Crippen molar-refractivity contribution in [2.24, 2.45) is 0 Å². The Morgan fingerprint density at radius 1 is 1.62 bits per heavy atom. The van der Waals surface area contributed by atoms with Crippen LogP contribution in [-0.4, -0.2) is 13.1 Å². The first-order chi connectivity index (χ1) is 3.63. The number of hydrogen-bond acceptors (Lipinski definition) is 1. The summed E-state index contributed by atoms with van der Waals surface area (Å²) in [4.78, 5) is 9.45. The molecule has 1 N–H and O–H groups in total. The van der Waals surface area contributed by atoms with Gasteiger partial charge < -0.3 is 4.80 Å². The van der Waals surface area contributed by atoms with Gasteiger partial charge >= 0.3 is 0 Å². The van der Waals surface area contributed by atoms with Crippen molar-refractivity contribution in [1.29, 1.82) is 0 Å². The van der Waals surface area contributed by atoms with Crippen LogP contribution in [0.1, 0.15) is 6.92 Å². The summed E-state index contributed by atoms with van der Waals surface area (Å²) in [6, 6.07) is 0. The van der Waals surface area contributed by atoms with Crippen LogP contribution in [0.5, 0.6) is 0 Å². The fourth-order valence-electron chi connectivity index (χ4n) is 0.680. The molecule has 0 saturated heterocycles. The van der Waals surface area contributed by atoms with Crippen molar-refractivity contribution in [2.45, 2.75) is 13.5 Å². The molecule has 0 saturated carbocycles. The lowest BCUT2D eigenvalue weighted by Gasteiger charge is -2.10. The first kappa shape index (κ1) is 5.79. The monoisotopic (exact) mass is 126 g/mol. The van der Waals surface area contributed by atoms with Crippen molar-refractivity contribution < 1.29 is 4.80 Å². The van der Waals surface area contributed by atoms with Crippen LogP contribution >= 0.6 is 0 Å². The van der Waals surface area contributed by atoms with E-state index in [1.165, 1.54) is 0 Å². The lowest BCUT2D eigenvalue weighted by atomic mass is 10.5. The maximum Gasteiger partial charge on any atom is 0.237 e. The molecule has 0 aromatic rings. The third kappa shape index (κ3) is 0.766. The molecule has 0 spiro atoms. The molecule has 0 amide bonds. The van der Waals surface area contributed by atoms with Gasteiger partial charge in [0.25, 0.3) is 0 Å². The topological polar surface area (TPSA) is 20.2 Å². The molecule has 0 radical (unpaired) electrons. The smallest absolute Gasteiger partial charge is 0.237 e. The summed E-state index contributed by atoms with van der Waals surface area (Å²) in [6.07, 6.45) is 3.91. The Morgan fingerprint density at radius 2 is 2.25 bits per heavy atom. The fraction of sp³-hybridized carbons (Fsp3) is 0.333. The second kappa shape index (κ2) is 1.57. The highest BCUT2D eigenvalue weighted by atomic mass is 28.4. The van der Waals surface area contributed by atoms with Crippen LogP contribution in [0.15, 0.2) is 23.0 Å². The minimum Gasteiger partial charge on any atom is -0.425 e. The first-order valence-electron chi connectivity index (χ1n) is 2.72. The minimum atomic E-state index is -1.96. The molecule has 1 atom stereocenters. The van der Waals surface area contributed by atoms with Crippen molar-refractivity contribution in [3.05, 3.63) is 23.0 Å². The van der Waals surface area contributed by atoms with Crippen molar-refractivity contribution in [2.75, 3.05) is 0 Å². The van der Waals surface area contributed by atoms with E-state index >= 15 is 0 Å². The van der Waals surface area contributed by atoms with E-state index < -0.39 is 8.32 Å². The van der Waals surface area contributed by atoms with Gasteiger partial charge in [0.2, 0.25) is 8.32 Å². The average molecular weight is 126 g/mol. The number of allylic oxidation sites excluding steroid dienone is 3. The maximum absolute atomic E-state index is 9.45. The molecule has 8 heavy (non-hydrogen) atoms. The highest BCUT2D eigenvalue weighted by Crippen LogP contribution is 2.17. The molecule has 44 valence electrons. The summed E-state index contributed by atoms with van der Waals surface area (Å²) >= 11 is 0. The summed E-state index contributed by atoms with van der Waals surface area (Å²) in [5.74, 6) is 0. The highest BCUT2D eigenvalue weighted by Gasteiger charge is 2.25. The summed E-state index contributed by atoms with van der Waals surface area (Å²) in [5.41, 5.74) is 1.92. The SMILES string of the molecule is CC1=CC=C[Si]1(C)O. The van der Waals surface area contributed by atoms with Gasteiger partial charge in [-0.15, -0.1) is 0 Å². The van der Waals surface area contributed by atoms with Crippen LogP contribution < -0.4 is 0 Å². The lowest BCUT2D eigenvalue weighted by molar-refractivity contribution is 0.569. The van der Waals surface area contributed by atoms with Gasteiger partial charge in [0.15, 0.2) is 0 Å². The Bertz CT molecular complexity index is 156. The third-order valence-electron chi connectivity index (χ3n) is 1.57. The highest BCUT2D eigenvalue weighted by molar-refractivity contribution is 6.83. The summed E-state index contributed by atoms with van der Waals surface area (Å²) in [7, 11) is -1.96. The molecular weight excluding hydrogens is 116 g/mol. The van der Waals surface area contributed by atoms with E-state index in [-0.39, 0.29) is 0 Å². The zero-order valence-electron chi connectivity index (χ0n) is 5.18. The Morgan fingerprint density at radius 3 is 2.38 bits per heavy atom. The van der Waals surface area contributed by atoms with Gasteiger partial charge in [-0.1, -0.05) is 23.0 Å². The van der Waals surface area contributed by atoms with Gasteiger partial charge in [0.1, 0.15) is 0 Å². The average Bonchev–Trinajstić information content (AvgIpc) is 1.86. The van der Waals surface area contributed by atoms with Crippen LogP contribution in [0, 0.1) is 0 Å². The minimum absolute atomic E-state index is 1.15. The predicted octanol–water partition coefficient (Wildman–Crippen LogP) is 1.15. The Labute approximate surface area is 50.5 Å². The standard InChI is InChI=1S/C6H10OSi/c1-6-4-3-5-8(6,2)7/h3-5,7H,1-2H3. The van der Waals surface area contributed by atoms with E-state index in [0.29, 0.717) is 0 Å². The van der Waals surface area contributed by atoms with E-state index in [1.807, 2.05) is 31.3 Å². The summed E-state index contributed by atoms with van der Waals surface area (Å²) in [6.45, 7) is 3.90.